The van der Waals surface area contributed by atoms with Gasteiger partial charge in [0.05, 0.1) is 0 Å². The second-order valence-corrected chi connectivity index (χ2v) is 2.06. The van der Waals surface area contributed by atoms with Crippen molar-refractivity contribution in [3.05, 3.63) is 0 Å². The van der Waals surface area contributed by atoms with Crippen LogP contribution in [0.4, 0.5) is 0 Å². The zero-order valence-electron chi connectivity index (χ0n) is 2.63. The van der Waals surface area contributed by atoms with E-state index in [1.807, 2.05) is 0 Å². The van der Waals surface area contributed by atoms with Gasteiger partial charge in [0.25, 0.3) is 14.1 Å². The van der Waals surface area contributed by atoms with E-state index in [-0.39, 0.29) is 17.4 Å². The molecule has 1 N–H and O–H groups in total. The number of hydrogen-bond donors (Lipinski definition) is 1. The van der Waals surface area contributed by atoms with Crippen molar-refractivity contribution < 1.29 is 30.9 Å². The molecule has 0 fully saturated rings. The van der Waals surface area contributed by atoms with Gasteiger partial charge in [0.15, 0.2) is 0 Å². The Morgan fingerprint density at radius 2 is 1.17 bits per heavy atom. The number of rotatable bonds is 0. The molecule has 35 valence electrons. The van der Waals surface area contributed by atoms with Crippen molar-refractivity contribution in [2.45, 2.75) is 0 Å². The molecular formula is HAlBrO4. The minimum absolute atomic E-state index is 0. The van der Waals surface area contributed by atoms with Gasteiger partial charge in [-0.2, -0.15) is 0 Å². The van der Waals surface area contributed by atoms with Gasteiger partial charge in [-0.3, -0.25) is 0 Å². The average molecular weight is 172 g/mol. The summed E-state index contributed by atoms with van der Waals surface area (Å²) in [5, 5.41) is 0. The summed E-state index contributed by atoms with van der Waals surface area (Å²) < 4.78 is 33.1. The minimum atomic E-state index is -5.38. The van der Waals surface area contributed by atoms with Crippen LogP contribution in [0.15, 0.2) is 0 Å². The first kappa shape index (κ1) is 9.97. The summed E-state index contributed by atoms with van der Waals surface area (Å²) in [5.74, 6) is 0. The average Bonchev–Trinajstić information content (AvgIpc) is 0.722. The monoisotopic (exact) mass is 171 g/mol. The molecule has 6 heavy (non-hydrogen) atoms. The van der Waals surface area contributed by atoms with Crippen LogP contribution in [-0.2, 0) is 0 Å². The van der Waals surface area contributed by atoms with E-state index in [0.717, 1.165) is 0 Å². The van der Waals surface area contributed by atoms with Crippen LogP contribution in [0.25, 0.3) is 0 Å². The summed E-state index contributed by atoms with van der Waals surface area (Å²) in [5.41, 5.74) is 0. The highest BCUT2D eigenvalue weighted by atomic mass is 80.0. The number of hydrogen-bond acceptors (Lipinski definition) is 4. The highest BCUT2D eigenvalue weighted by Crippen LogP contribution is 1.60. The Labute approximate surface area is 48.7 Å². The maximum absolute atomic E-state index is 8.69. The molecule has 0 aromatic rings. The lowest BCUT2D eigenvalue weighted by Crippen LogP contribution is -2.58. The molecule has 0 aliphatic carbocycles. The maximum Gasteiger partial charge on any atom is 0.265 e. The van der Waals surface area contributed by atoms with Crippen molar-refractivity contribution >= 4 is 17.4 Å². The molecule has 0 saturated heterocycles. The van der Waals surface area contributed by atoms with Crippen LogP contribution in [-0.4, -0.2) is 21.6 Å². The fourth-order valence-corrected chi connectivity index (χ4v) is 0. The van der Waals surface area contributed by atoms with Gasteiger partial charge in [-0.1, -0.05) is 0 Å². The summed E-state index contributed by atoms with van der Waals surface area (Å²) in [6, 6.07) is 0. The second kappa shape index (κ2) is 2.93. The molecule has 0 heterocycles. The second-order valence-electron chi connectivity index (χ2n) is 0.396. The standard InChI is InChI=1S/Al.BrHO4/c;2-1(3,4)5/h;2H. The molecule has 0 saturated carbocycles. The van der Waals surface area contributed by atoms with Gasteiger partial charge < -0.3 is 0 Å². The van der Waals surface area contributed by atoms with Gasteiger partial charge in [-0.15, -0.1) is 0 Å². The summed E-state index contributed by atoms with van der Waals surface area (Å²) >= 11 is -5.38. The van der Waals surface area contributed by atoms with Crippen LogP contribution in [0.1, 0.15) is 0 Å². The van der Waals surface area contributed by atoms with Gasteiger partial charge in [0, 0.05) is 21.6 Å². The van der Waals surface area contributed by atoms with Crippen molar-refractivity contribution in [3.8, 4) is 0 Å². The first-order chi connectivity index (χ1) is 2.00. The zero-order valence-corrected chi connectivity index (χ0v) is 5.37. The fraction of sp³-hybridized carbons (Fsp3) is 0. The summed E-state index contributed by atoms with van der Waals surface area (Å²) in [6.45, 7) is 0. The lowest BCUT2D eigenvalue weighted by molar-refractivity contribution is -1.92. The van der Waals surface area contributed by atoms with Crippen molar-refractivity contribution in [2.24, 2.45) is 0 Å². The van der Waals surface area contributed by atoms with E-state index in [1.165, 1.54) is 0 Å². The van der Waals surface area contributed by atoms with Gasteiger partial charge in [0.2, 0.25) is 0 Å². The van der Waals surface area contributed by atoms with E-state index in [9.17, 15) is 0 Å². The van der Waals surface area contributed by atoms with Gasteiger partial charge in [0.1, 0.15) is 0 Å². The van der Waals surface area contributed by atoms with E-state index in [1.54, 1.807) is 0 Å². The third kappa shape index (κ3) is 99.1. The molecule has 0 unspecified atom stereocenters. The van der Waals surface area contributed by atoms with Crippen molar-refractivity contribution in [1.29, 1.82) is 0 Å². The van der Waals surface area contributed by atoms with Crippen LogP contribution < -0.4 is 12.6 Å². The molecule has 0 aliphatic heterocycles. The highest BCUT2D eigenvalue weighted by molar-refractivity contribution is 5.75. The Morgan fingerprint density at radius 3 is 1.17 bits per heavy atom. The van der Waals surface area contributed by atoms with Crippen molar-refractivity contribution in [1.82, 2.24) is 0 Å². The normalized spacial score (nSPS) is 10.0. The SMILES string of the molecule is [Al].[O-][Br+3]([O-])([O-])O. The Morgan fingerprint density at radius 1 is 1.17 bits per heavy atom. The van der Waals surface area contributed by atoms with E-state index in [2.05, 4.69) is 0 Å². The number of halogens is 1. The van der Waals surface area contributed by atoms with Gasteiger partial charge in [-0.25, -0.2) is 12.6 Å². The summed E-state index contributed by atoms with van der Waals surface area (Å²) in [4.78, 5) is 0. The van der Waals surface area contributed by atoms with Gasteiger partial charge >= 0.3 is 0 Å². The predicted molar refractivity (Wildman–Crippen MR) is 7.97 cm³/mol. The lowest BCUT2D eigenvalue weighted by Gasteiger charge is -1.96. The maximum atomic E-state index is 8.69. The Hall–Kier alpha value is 0.852. The van der Waals surface area contributed by atoms with Crippen LogP contribution in [0.2, 0.25) is 0 Å². The fourth-order valence-electron chi connectivity index (χ4n) is 0. The molecule has 0 spiro atoms. The molecular weight excluding hydrogens is 171 g/mol. The van der Waals surface area contributed by atoms with Crippen molar-refractivity contribution in [3.63, 3.8) is 0 Å². The molecule has 0 aliphatic rings. The van der Waals surface area contributed by atoms with Crippen molar-refractivity contribution in [2.75, 3.05) is 0 Å². The van der Waals surface area contributed by atoms with E-state index in [0.29, 0.717) is 0 Å². The van der Waals surface area contributed by atoms with Crippen LogP contribution in [0.5, 0.6) is 0 Å². The third-order valence-corrected chi connectivity index (χ3v) is 0. The van der Waals surface area contributed by atoms with Gasteiger partial charge in [-0.05, 0) is 0 Å². The van der Waals surface area contributed by atoms with E-state index < -0.39 is 14.1 Å². The first-order valence-corrected chi connectivity index (χ1v) is 3.28. The van der Waals surface area contributed by atoms with Crippen LogP contribution in [0, 0.1) is 14.1 Å². The minimum Gasteiger partial charge on any atom is -0.228 e. The molecule has 6 heteroatoms. The third-order valence-electron chi connectivity index (χ3n) is 0. The van der Waals surface area contributed by atoms with Crippen LogP contribution >= 0.6 is 0 Å². The Balaban J connectivity index is 0. The molecule has 4 nitrogen and oxygen atoms in total. The molecule has 0 amide bonds. The van der Waals surface area contributed by atoms with E-state index >= 15 is 0 Å². The lowest BCUT2D eigenvalue weighted by atomic mass is 15.9. The van der Waals surface area contributed by atoms with E-state index in [4.69, 9.17) is 16.8 Å². The molecule has 0 atom stereocenters. The highest BCUT2D eigenvalue weighted by Gasteiger charge is 2.07. The smallest absolute Gasteiger partial charge is 0.228 e. The molecule has 3 radical (unpaired) electrons. The zero-order chi connectivity index (χ0) is 4.50. The molecule has 0 rings (SSSR count). The molecule has 0 bridgehead atoms. The summed E-state index contributed by atoms with van der Waals surface area (Å²) in [6.07, 6.45) is 0. The Bertz CT molecular complexity index is 23.0. The first-order valence-electron chi connectivity index (χ1n) is 0.632. The largest absolute Gasteiger partial charge is 0.265 e. The predicted octanol–water partition coefficient (Wildman–Crippen LogP) is -4.50. The molecule has 0 aromatic heterocycles. The molecule has 0 aromatic carbocycles. The Kier molecular flexibility index (Phi) is 4.88. The summed E-state index contributed by atoms with van der Waals surface area (Å²) in [7, 11) is 0. The quantitative estimate of drug-likeness (QED) is 0.373. The topological polar surface area (TPSA) is 89.4 Å². The van der Waals surface area contributed by atoms with Crippen LogP contribution in [0.3, 0.4) is 0 Å².